The second-order valence-electron chi connectivity index (χ2n) is 7.55. The maximum Gasteiger partial charge on any atom is 0.244 e. The summed E-state index contributed by atoms with van der Waals surface area (Å²) >= 11 is 6.29. The Morgan fingerprint density at radius 3 is 2.30 bits per heavy atom. The molecule has 0 radical (unpaired) electrons. The van der Waals surface area contributed by atoms with Gasteiger partial charge in [-0.25, -0.2) is 8.42 Å². The van der Waals surface area contributed by atoms with Crippen LogP contribution in [0, 0.1) is 0 Å². The number of ether oxygens (including phenoxy) is 1. The van der Waals surface area contributed by atoms with E-state index in [4.69, 9.17) is 16.3 Å². The molecule has 0 heterocycles. The van der Waals surface area contributed by atoms with E-state index in [1.54, 1.807) is 55.5 Å². The molecule has 2 aromatic carbocycles. The number of carbonyl (C=O) groups is 2. The number of sulfonamides is 1. The SMILES string of the molecule is CCCNC(=O)C(C)N(Cc1ccccc1Cl)C(=O)CN(c1ccc(OC)cc1)S(C)(=O)=O. The van der Waals surface area contributed by atoms with Gasteiger partial charge < -0.3 is 15.0 Å². The summed E-state index contributed by atoms with van der Waals surface area (Å²) in [6.07, 6.45) is 1.77. The van der Waals surface area contributed by atoms with Crippen molar-refractivity contribution < 1.29 is 22.7 Å². The molecule has 1 unspecified atom stereocenters. The minimum Gasteiger partial charge on any atom is -0.497 e. The Balaban J connectivity index is 2.37. The van der Waals surface area contributed by atoms with Gasteiger partial charge in [0.05, 0.1) is 19.1 Å². The number of anilines is 1. The van der Waals surface area contributed by atoms with E-state index >= 15 is 0 Å². The Morgan fingerprint density at radius 2 is 1.76 bits per heavy atom. The van der Waals surface area contributed by atoms with Crippen LogP contribution in [0.3, 0.4) is 0 Å². The quantitative estimate of drug-likeness (QED) is 0.517. The number of nitrogens with one attached hydrogen (secondary N) is 1. The summed E-state index contributed by atoms with van der Waals surface area (Å²) in [4.78, 5) is 27.4. The predicted octanol–water partition coefficient (Wildman–Crippen LogP) is 3.06. The highest BCUT2D eigenvalue weighted by atomic mass is 35.5. The van der Waals surface area contributed by atoms with Gasteiger partial charge in [-0.3, -0.25) is 13.9 Å². The van der Waals surface area contributed by atoms with E-state index in [0.717, 1.165) is 17.0 Å². The van der Waals surface area contributed by atoms with Crippen molar-refractivity contribution in [2.24, 2.45) is 0 Å². The van der Waals surface area contributed by atoms with Crippen molar-refractivity contribution in [3.63, 3.8) is 0 Å². The van der Waals surface area contributed by atoms with Crippen LogP contribution in [-0.4, -0.2) is 57.6 Å². The van der Waals surface area contributed by atoms with Crippen molar-refractivity contribution in [2.45, 2.75) is 32.9 Å². The van der Waals surface area contributed by atoms with Crippen LogP contribution in [0.2, 0.25) is 5.02 Å². The van der Waals surface area contributed by atoms with Crippen molar-refractivity contribution in [1.29, 1.82) is 0 Å². The lowest BCUT2D eigenvalue weighted by atomic mass is 10.1. The van der Waals surface area contributed by atoms with Crippen LogP contribution in [0.1, 0.15) is 25.8 Å². The van der Waals surface area contributed by atoms with Crippen LogP contribution in [0.5, 0.6) is 5.75 Å². The van der Waals surface area contributed by atoms with E-state index in [1.807, 2.05) is 6.92 Å². The van der Waals surface area contributed by atoms with Crippen LogP contribution in [0.15, 0.2) is 48.5 Å². The van der Waals surface area contributed by atoms with Gasteiger partial charge >= 0.3 is 0 Å². The molecule has 0 fully saturated rings. The number of benzene rings is 2. The molecule has 0 aromatic heterocycles. The monoisotopic (exact) mass is 495 g/mol. The molecule has 2 aromatic rings. The second-order valence-corrected chi connectivity index (χ2v) is 9.86. The maximum absolute atomic E-state index is 13.4. The lowest BCUT2D eigenvalue weighted by molar-refractivity contribution is -0.139. The highest BCUT2D eigenvalue weighted by Crippen LogP contribution is 2.23. The average molecular weight is 496 g/mol. The van der Waals surface area contributed by atoms with Gasteiger partial charge in [-0.05, 0) is 49.2 Å². The van der Waals surface area contributed by atoms with Gasteiger partial charge in [0, 0.05) is 18.1 Å². The van der Waals surface area contributed by atoms with Crippen LogP contribution in [0.4, 0.5) is 5.69 Å². The molecule has 2 rings (SSSR count). The summed E-state index contributed by atoms with van der Waals surface area (Å²) in [5.41, 5.74) is 0.963. The van der Waals surface area contributed by atoms with Crippen molar-refractivity contribution in [2.75, 3.05) is 30.8 Å². The van der Waals surface area contributed by atoms with E-state index in [-0.39, 0.29) is 12.5 Å². The van der Waals surface area contributed by atoms with Crippen molar-refractivity contribution in [3.05, 3.63) is 59.1 Å². The van der Waals surface area contributed by atoms with Crippen LogP contribution in [0.25, 0.3) is 0 Å². The third-order valence-corrected chi connectivity index (χ3v) is 6.56. The largest absolute Gasteiger partial charge is 0.497 e. The summed E-state index contributed by atoms with van der Waals surface area (Å²) in [5, 5.41) is 3.23. The summed E-state index contributed by atoms with van der Waals surface area (Å²) in [6, 6.07) is 12.5. The Labute approximate surface area is 200 Å². The second kappa shape index (κ2) is 11.9. The van der Waals surface area contributed by atoms with E-state index in [1.165, 1.54) is 12.0 Å². The number of hydrogen-bond acceptors (Lipinski definition) is 5. The Morgan fingerprint density at radius 1 is 1.12 bits per heavy atom. The van der Waals surface area contributed by atoms with Crippen LogP contribution < -0.4 is 14.4 Å². The Bertz CT molecular complexity index is 1060. The summed E-state index contributed by atoms with van der Waals surface area (Å²) in [5.74, 6) is -0.303. The minimum atomic E-state index is -3.79. The third-order valence-electron chi connectivity index (χ3n) is 5.05. The highest BCUT2D eigenvalue weighted by Gasteiger charge is 2.30. The zero-order valence-corrected chi connectivity index (χ0v) is 20.8. The minimum absolute atomic E-state index is 0.0550. The number of nitrogens with zero attached hydrogens (tertiary/aromatic N) is 2. The first-order chi connectivity index (χ1) is 15.6. The fraction of sp³-hybridized carbons (Fsp3) is 0.391. The Hall–Kier alpha value is -2.78. The molecule has 0 saturated heterocycles. The van der Waals surface area contributed by atoms with E-state index in [9.17, 15) is 18.0 Å². The maximum atomic E-state index is 13.4. The van der Waals surface area contributed by atoms with Crippen LogP contribution in [-0.2, 0) is 26.2 Å². The van der Waals surface area contributed by atoms with E-state index in [0.29, 0.717) is 28.6 Å². The van der Waals surface area contributed by atoms with Crippen LogP contribution >= 0.6 is 11.6 Å². The zero-order chi connectivity index (χ0) is 24.6. The first-order valence-corrected chi connectivity index (χ1v) is 12.7. The fourth-order valence-electron chi connectivity index (χ4n) is 3.15. The molecule has 2 amide bonds. The number of carbonyl (C=O) groups excluding carboxylic acids is 2. The van der Waals surface area contributed by atoms with Gasteiger partial charge in [0.15, 0.2) is 0 Å². The molecule has 0 aliphatic carbocycles. The van der Waals surface area contributed by atoms with Gasteiger partial charge in [0.25, 0.3) is 0 Å². The predicted molar refractivity (Wildman–Crippen MR) is 130 cm³/mol. The zero-order valence-electron chi connectivity index (χ0n) is 19.2. The summed E-state index contributed by atoms with van der Waals surface area (Å²) < 4.78 is 31.2. The molecule has 33 heavy (non-hydrogen) atoms. The lowest BCUT2D eigenvalue weighted by Gasteiger charge is -2.31. The number of methoxy groups -OCH3 is 1. The smallest absolute Gasteiger partial charge is 0.244 e. The van der Waals surface area contributed by atoms with E-state index in [2.05, 4.69) is 5.32 Å². The number of rotatable bonds is 11. The molecule has 8 nitrogen and oxygen atoms in total. The number of halogens is 1. The molecule has 1 N–H and O–H groups in total. The highest BCUT2D eigenvalue weighted by molar-refractivity contribution is 7.92. The topological polar surface area (TPSA) is 96.0 Å². The third kappa shape index (κ3) is 7.36. The molecular weight excluding hydrogens is 466 g/mol. The van der Waals surface area contributed by atoms with Gasteiger partial charge in [-0.15, -0.1) is 0 Å². The van der Waals surface area contributed by atoms with Crippen molar-refractivity contribution in [3.8, 4) is 5.75 Å². The molecule has 0 spiro atoms. The first kappa shape index (κ1) is 26.5. The molecule has 10 heteroatoms. The number of amides is 2. The van der Waals surface area contributed by atoms with Gasteiger partial charge in [0.2, 0.25) is 21.8 Å². The molecule has 0 bridgehead atoms. The Kier molecular flexibility index (Phi) is 9.55. The fourth-order valence-corrected chi connectivity index (χ4v) is 4.20. The van der Waals surface area contributed by atoms with Gasteiger partial charge in [0.1, 0.15) is 18.3 Å². The standard InChI is InChI=1S/C23H30ClN3O5S/c1-5-14-25-23(29)17(2)26(15-18-8-6-7-9-21(18)24)22(28)16-27(33(4,30)31)19-10-12-20(32-3)13-11-19/h6-13,17H,5,14-16H2,1-4H3,(H,25,29). The van der Waals surface area contributed by atoms with Crippen molar-refractivity contribution >= 4 is 39.1 Å². The average Bonchev–Trinajstić information content (AvgIpc) is 2.79. The van der Waals surface area contributed by atoms with Gasteiger partial charge in [-0.2, -0.15) is 0 Å². The number of hydrogen-bond donors (Lipinski definition) is 1. The molecule has 0 aliphatic rings. The summed E-state index contributed by atoms with van der Waals surface area (Å²) in [6.45, 7) is 3.59. The molecule has 0 aliphatic heterocycles. The molecule has 1 atom stereocenters. The summed E-state index contributed by atoms with van der Waals surface area (Å²) in [7, 11) is -2.28. The first-order valence-electron chi connectivity index (χ1n) is 10.5. The van der Waals surface area contributed by atoms with Gasteiger partial charge in [-0.1, -0.05) is 36.7 Å². The normalized spacial score (nSPS) is 12.0. The van der Waals surface area contributed by atoms with Crippen molar-refractivity contribution in [1.82, 2.24) is 10.2 Å². The lowest BCUT2D eigenvalue weighted by Crippen LogP contribution is -2.51. The molecule has 0 saturated carbocycles. The molecular formula is C23H30ClN3O5S. The molecule has 180 valence electrons. The van der Waals surface area contributed by atoms with E-state index < -0.39 is 28.5 Å².